The van der Waals surface area contributed by atoms with Crippen LogP contribution in [0, 0.1) is 6.92 Å². The van der Waals surface area contributed by atoms with E-state index < -0.39 is 0 Å². The molecule has 0 spiro atoms. The average molecular weight is 182 g/mol. The zero-order valence-electron chi connectivity index (χ0n) is 8.11. The van der Waals surface area contributed by atoms with Crippen molar-refractivity contribution in [2.24, 2.45) is 0 Å². The van der Waals surface area contributed by atoms with E-state index >= 15 is 0 Å². The fourth-order valence-corrected chi connectivity index (χ4v) is 1.03. The number of hydrogen-bond acceptors (Lipinski definition) is 5. The van der Waals surface area contributed by atoms with Gasteiger partial charge in [-0.25, -0.2) is 4.98 Å². The van der Waals surface area contributed by atoms with Crippen LogP contribution in [0.25, 0.3) is 0 Å². The van der Waals surface area contributed by atoms with Crippen molar-refractivity contribution in [1.29, 1.82) is 0 Å². The third-order valence-electron chi connectivity index (χ3n) is 1.56. The first-order chi connectivity index (χ1) is 6.13. The molecule has 2 N–H and O–H groups in total. The second-order valence-electron chi connectivity index (χ2n) is 2.70. The van der Waals surface area contributed by atoms with Crippen LogP contribution in [0.4, 0.5) is 5.95 Å². The minimum atomic E-state index is -0.131. The molecule has 0 aliphatic rings. The highest BCUT2D eigenvalue weighted by Crippen LogP contribution is 2.11. The van der Waals surface area contributed by atoms with Gasteiger partial charge in [-0.15, -0.1) is 0 Å². The molecular formula is C8H14N4O. The quantitative estimate of drug-likeness (QED) is 0.750. The van der Waals surface area contributed by atoms with Gasteiger partial charge in [-0.1, -0.05) is 0 Å². The van der Waals surface area contributed by atoms with Gasteiger partial charge in [-0.3, -0.25) is 0 Å². The van der Waals surface area contributed by atoms with Crippen molar-refractivity contribution in [3.05, 3.63) is 11.6 Å². The van der Waals surface area contributed by atoms with Gasteiger partial charge in [0, 0.05) is 6.61 Å². The summed E-state index contributed by atoms with van der Waals surface area (Å²) in [5.74, 6) is 1.45. The molecular weight excluding hydrogens is 168 g/mol. The molecule has 1 atom stereocenters. The highest BCUT2D eigenvalue weighted by Gasteiger charge is 2.09. The fraction of sp³-hybridized carbons (Fsp3) is 0.625. The number of nitrogen functional groups attached to an aromatic ring is 1. The molecule has 72 valence electrons. The molecule has 0 fully saturated rings. The van der Waals surface area contributed by atoms with Crippen molar-refractivity contribution in [2.75, 3.05) is 12.3 Å². The topological polar surface area (TPSA) is 73.9 Å². The van der Waals surface area contributed by atoms with Crippen LogP contribution < -0.4 is 5.73 Å². The second kappa shape index (κ2) is 4.13. The summed E-state index contributed by atoms with van der Waals surface area (Å²) >= 11 is 0. The summed E-state index contributed by atoms with van der Waals surface area (Å²) in [7, 11) is 0. The SMILES string of the molecule is CCOC(C)c1nc(C)nc(N)n1. The third kappa shape index (κ3) is 2.62. The van der Waals surface area contributed by atoms with E-state index in [1.165, 1.54) is 0 Å². The van der Waals surface area contributed by atoms with Crippen molar-refractivity contribution < 1.29 is 4.74 Å². The monoisotopic (exact) mass is 182 g/mol. The molecule has 0 aliphatic heterocycles. The Morgan fingerprint density at radius 3 is 2.62 bits per heavy atom. The summed E-state index contributed by atoms with van der Waals surface area (Å²) in [6, 6.07) is 0. The van der Waals surface area contributed by atoms with Gasteiger partial charge in [0.2, 0.25) is 5.95 Å². The molecule has 1 rings (SSSR count). The van der Waals surface area contributed by atoms with Crippen molar-refractivity contribution >= 4 is 5.95 Å². The third-order valence-corrected chi connectivity index (χ3v) is 1.56. The maximum absolute atomic E-state index is 5.48. The van der Waals surface area contributed by atoms with Gasteiger partial charge in [0.25, 0.3) is 0 Å². The van der Waals surface area contributed by atoms with E-state index in [1.54, 1.807) is 6.92 Å². The molecule has 13 heavy (non-hydrogen) atoms. The number of aryl methyl sites for hydroxylation is 1. The first-order valence-corrected chi connectivity index (χ1v) is 4.23. The van der Waals surface area contributed by atoms with Crippen LogP contribution in [0.15, 0.2) is 0 Å². The highest BCUT2D eigenvalue weighted by molar-refractivity contribution is 5.16. The van der Waals surface area contributed by atoms with Gasteiger partial charge in [-0.05, 0) is 20.8 Å². The van der Waals surface area contributed by atoms with Crippen LogP contribution in [-0.2, 0) is 4.74 Å². The van der Waals surface area contributed by atoms with E-state index in [-0.39, 0.29) is 12.1 Å². The van der Waals surface area contributed by atoms with Crippen molar-refractivity contribution in [3.63, 3.8) is 0 Å². The van der Waals surface area contributed by atoms with Crippen LogP contribution in [0.3, 0.4) is 0 Å². The lowest BCUT2D eigenvalue weighted by Crippen LogP contribution is -2.09. The van der Waals surface area contributed by atoms with Gasteiger partial charge in [0.15, 0.2) is 5.82 Å². The summed E-state index contributed by atoms with van der Waals surface area (Å²) in [5.41, 5.74) is 5.48. The normalized spacial score (nSPS) is 12.8. The number of nitrogens with zero attached hydrogens (tertiary/aromatic N) is 3. The molecule has 1 aromatic heterocycles. The number of anilines is 1. The molecule has 5 heteroatoms. The van der Waals surface area contributed by atoms with E-state index in [0.29, 0.717) is 18.3 Å². The first-order valence-electron chi connectivity index (χ1n) is 4.23. The number of hydrogen-bond donors (Lipinski definition) is 1. The maximum Gasteiger partial charge on any atom is 0.223 e. The van der Waals surface area contributed by atoms with Crippen molar-refractivity contribution in [2.45, 2.75) is 26.9 Å². The van der Waals surface area contributed by atoms with E-state index in [4.69, 9.17) is 10.5 Å². The van der Waals surface area contributed by atoms with Crippen molar-refractivity contribution in [3.8, 4) is 0 Å². The predicted molar refractivity (Wildman–Crippen MR) is 49.0 cm³/mol. The van der Waals surface area contributed by atoms with E-state index in [2.05, 4.69) is 15.0 Å². The Kier molecular flexibility index (Phi) is 3.13. The molecule has 0 saturated carbocycles. The summed E-state index contributed by atoms with van der Waals surface area (Å²) < 4.78 is 5.33. The number of rotatable bonds is 3. The lowest BCUT2D eigenvalue weighted by Gasteiger charge is -2.10. The standard InChI is InChI=1S/C8H14N4O/c1-4-13-5(2)7-10-6(3)11-8(9)12-7/h5H,4H2,1-3H3,(H2,9,10,11,12). The molecule has 0 amide bonds. The largest absolute Gasteiger partial charge is 0.371 e. The van der Waals surface area contributed by atoms with Gasteiger partial charge >= 0.3 is 0 Å². The Hall–Kier alpha value is -1.23. The Balaban J connectivity index is 2.87. The van der Waals surface area contributed by atoms with Crippen LogP contribution >= 0.6 is 0 Å². The minimum Gasteiger partial charge on any atom is -0.371 e. The molecule has 0 aromatic carbocycles. The van der Waals surface area contributed by atoms with Crippen LogP contribution in [-0.4, -0.2) is 21.6 Å². The number of nitrogens with two attached hydrogens (primary N) is 1. The highest BCUT2D eigenvalue weighted by atomic mass is 16.5. The summed E-state index contributed by atoms with van der Waals surface area (Å²) in [6.07, 6.45) is -0.131. The minimum absolute atomic E-state index is 0.131. The van der Waals surface area contributed by atoms with Crippen LogP contribution in [0.5, 0.6) is 0 Å². The van der Waals surface area contributed by atoms with Crippen molar-refractivity contribution in [1.82, 2.24) is 15.0 Å². The fourth-order valence-electron chi connectivity index (χ4n) is 1.03. The van der Waals surface area contributed by atoms with Crippen LogP contribution in [0.2, 0.25) is 0 Å². The summed E-state index contributed by atoms with van der Waals surface area (Å²) in [5, 5.41) is 0. The van der Waals surface area contributed by atoms with Gasteiger partial charge in [0.1, 0.15) is 11.9 Å². The molecule has 5 nitrogen and oxygen atoms in total. The molecule has 0 radical (unpaired) electrons. The Bertz CT molecular complexity index is 269. The van der Waals surface area contributed by atoms with E-state index in [1.807, 2.05) is 13.8 Å². The molecule has 1 aromatic rings. The lowest BCUT2D eigenvalue weighted by molar-refractivity contribution is 0.0698. The Morgan fingerprint density at radius 1 is 1.38 bits per heavy atom. The number of ether oxygens (including phenoxy) is 1. The molecule has 1 heterocycles. The molecule has 0 bridgehead atoms. The zero-order chi connectivity index (χ0) is 9.84. The first kappa shape index (κ1) is 9.85. The van der Waals surface area contributed by atoms with Gasteiger partial charge in [-0.2, -0.15) is 9.97 Å². The average Bonchev–Trinajstić information content (AvgIpc) is 2.03. The maximum atomic E-state index is 5.48. The Labute approximate surface area is 77.4 Å². The Morgan fingerprint density at radius 2 is 2.08 bits per heavy atom. The van der Waals surface area contributed by atoms with Crippen LogP contribution in [0.1, 0.15) is 31.6 Å². The molecule has 0 saturated heterocycles. The lowest BCUT2D eigenvalue weighted by atomic mass is 10.4. The smallest absolute Gasteiger partial charge is 0.223 e. The van der Waals surface area contributed by atoms with Gasteiger partial charge < -0.3 is 10.5 Å². The molecule has 1 unspecified atom stereocenters. The second-order valence-corrected chi connectivity index (χ2v) is 2.70. The van der Waals surface area contributed by atoms with E-state index in [0.717, 1.165) is 0 Å². The van der Waals surface area contributed by atoms with Gasteiger partial charge in [0.05, 0.1) is 0 Å². The number of aromatic nitrogens is 3. The zero-order valence-corrected chi connectivity index (χ0v) is 8.11. The van der Waals surface area contributed by atoms with E-state index in [9.17, 15) is 0 Å². The predicted octanol–water partition coefficient (Wildman–Crippen LogP) is 0.860. The summed E-state index contributed by atoms with van der Waals surface area (Å²) in [6.45, 7) is 6.22. The summed E-state index contributed by atoms with van der Waals surface area (Å²) in [4.78, 5) is 12.0. The molecule has 0 aliphatic carbocycles.